The van der Waals surface area contributed by atoms with Crippen molar-refractivity contribution < 1.29 is 9.59 Å². The molecule has 102 valence electrons. The molecular weight excluding hydrogens is 244 g/mol. The van der Waals surface area contributed by atoms with Gasteiger partial charge in [0.15, 0.2) is 0 Å². The van der Waals surface area contributed by atoms with E-state index in [0.717, 1.165) is 25.7 Å². The number of piperazine rings is 1. The lowest BCUT2D eigenvalue weighted by atomic mass is 9.87. The van der Waals surface area contributed by atoms with Crippen LogP contribution in [-0.4, -0.2) is 45.1 Å². The van der Waals surface area contributed by atoms with E-state index >= 15 is 0 Å². The number of amides is 2. The number of carbonyl (C=O) groups is 2. The molecule has 1 aromatic heterocycles. The zero-order valence-corrected chi connectivity index (χ0v) is 11.0. The van der Waals surface area contributed by atoms with E-state index in [1.165, 1.54) is 0 Å². The van der Waals surface area contributed by atoms with Crippen LogP contribution in [0.1, 0.15) is 36.2 Å². The van der Waals surface area contributed by atoms with Gasteiger partial charge >= 0.3 is 0 Å². The smallest absolute Gasteiger partial charge is 0.272 e. The van der Waals surface area contributed by atoms with E-state index in [0.29, 0.717) is 5.69 Å². The number of fused-ring (bicyclic) bond motifs is 1. The maximum atomic E-state index is 12.6. The Labute approximate surface area is 111 Å². The molecule has 2 heterocycles. The predicted octanol–water partition coefficient (Wildman–Crippen LogP) is 0.303. The second kappa shape index (κ2) is 4.68. The molecule has 2 fully saturated rings. The van der Waals surface area contributed by atoms with Crippen LogP contribution in [0.5, 0.6) is 0 Å². The fraction of sp³-hybridized carbons (Fsp3) is 0.615. The van der Waals surface area contributed by atoms with Gasteiger partial charge < -0.3 is 10.2 Å². The van der Waals surface area contributed by atoms with Gasteiger partial charge in [-0.05, 0) is 18.9 Å². The third kappa shape index (κ3) is 2.11. The van der Waals surface area contributed by atoms with Crippen molar-refractivity contribution >= 4 is 11.8 Å². The molecule has 6 heteroatoms. The number of rotatable bonds is 1. The molecular formula is C13H18N4O2. The third-order valence-corrected chi connectivity index (χ3v) is 4.09. The first-order chi connectivity index (χ1) is 9.16. The van der Waals surface area contributed by atoms with Gasteiger partial charge in [0.2, 0.25) is 5.91 Å². The van der Waals surface area contributed by atoms with Crippen molar-refractivity contribution in [1.82, 2.24) is 20.0 Å². The number of aryl methyl sites for hydroxylation is 1. The van der Waals surface area contributed by atoms with Gasteiger partial charge in [0, 0.05) is 19.3 Å². The highest BCUT2D eigenvalue weighted by molar-refractivity contribution is 5.96. The molecule has 1 N–H and O–H groups in total. The van der Waals surface area contributed by atoms with Gasteiger partial charge in [0.25, 0.3) is 5.91 Å². The van der Waals surface area contributed by atoms with Crippen LogP contribution in [0.2, 0.25) is 0 Å². The average molecular weight is 262 g/mol. The molecule has 0 spiro atoms. The molecule has 0 aromatic carbocycles. The quantitative estimate of drug-likeness (QED) is 0.791. The molecule has 2 aliphatic rings. The molecule has 1 aliphatic heterocycles. The first kappa shape index (κ1) is 12.2. The van der Waals surface area contributed by atoms with E-state index in [-0.39, 0.29) is 30.4 Å². The van der Waals surface area contributed by atoms with E-state index in [9.17, 15) is 9.59 Å². The van der Waals surface area contributed by atoms with Crippen LogP contribution < -0.4 is 5.32 Å². The summed E-state index contributed by atoms with van der Waals surface area (Å²) in [5, 5.41) is 7.03. The number of nitrogens with one attached hydrogen (secondary N) is 1. The van der Waals surface area contributed by atoms with Crippen molar-refractivity contribution in [1.29, 1.82) is 0 Å². The van der Waals surface area contributed by atoms with Crippen LogP contribution >= 0.6 is 0 Å². The van der Waals surface area contributed by atoms with Gasteiger partial charge in [-0.15, -0.1) is 0 Å². The zero-order chi connectivity index (χ0) is 13.4. The summed E-state index contributed by atoms with van der Waals surface area (Å²) in [6.45, 7) is 0.158. The summed E-state index contributed by atoms with van der Waals surface area (Å²) in [6.07, 6.45) is 5.77. The van der Waals surface area contributed by atoms with E-state index in [4.69, 9.17) is 0 Å². The maximum Gasteiger partial charge on any atom is 0.272 e. The highest BCUT2D eigenvalue weighted by atomic mass is 16.2. The fourth-order valence-electron chi connectivity index (χ4n) is 3.13. The second-order valence-electron chi connectivity index (χ2n) is 5.30. The molecule has 1 aliphatic carbocycles. The van der Waals surface area contributed by atoms with Crippen molar-refractivity contribution in [2.75, 3.05) is 6.54 Å². The summed E-state index contributed by atoms with van der Waals surface area (Å²) < 4.78 is 1.56. The minimum absolute atomic E-state index is 0.0568. The first-order valence-electron chi connectivity index (χ1n) is 6.75. The van der Waals surface area contributed by atoms with Crippen molar-refractivity contribution in [2.45, 2.75) is 37.8 Å². The van der Waals surface area contributed by atoms with Gasteiger partial charge in [-0.3, -0.25) is 14.3 Å². The second-order valence-corrected chi connectivity index (χ2v) is 5.30. The molecule has 0 unspecified atom stereocenters. The van der Waals surface area contributed by atoms with Crippen LogP contribution in [0.4, 0.5) is 0 Å². The van der Waals surface area contributed by atoms with Gasteiger partial charge in [-0.1, -0.05) is 12.8 Å². The minimum Gasteiger partial charge on any atom is -0.350 e. The molecule has 6 nitrogen and oxygen atoms in total. The summed E-state index contributed by atoms with van der Waals surface area (Å²) >= 11 is 0. The van der Waals surface area contributed by atoms with E-state index in [1.807, 2.05) is 0 Å². The lowest BCUT2D eigenvalue weighted by molar-refractivity contribution is -0.127. The Kier molecular flexibility index (Phi) is 3.00. The summed E-state index contributed by atoms with van der Waals surface area (Å²) in [5.74, 6) is -0.148. The summed E-state index contributed by atoms with van der Waals surface area (Å²) in [7, 11) is 1.75. The number of hydrogen-bond donors (Lipinski definition) is 1. The van der Waals surface area contributed by atoms with Crippen LogP contribution in [-0.2, 0) is 11.8 Å². The van der Waals surface area contributed by atoms with Gasteiger partial charge in [0.05, 0.1) is 6.04 Å². The van der Waals surface area contributed by atoms with Crippen LogP contribution in [0.25, 0.3) is 0 Å². The number of aromatic nitrogens is 2. The molecule has 1 saturated heterocycles. The Bertz CT molecular complexity index is 510. The largest absolute Gasteiger partial charge is 0.350 e. The number of nitrogens with zero attached hydrogens (tertiary/aromatic N) is 3. The van der Waals surface area contributed by atoms with E-state index in [1.54, 1.807) is 28.9 Å². The lowest BCUT2D eigenvalue weighted by Crippen LogP contribution is -2.63. The molecule has 3 rings (SSSR count). The van der Waals surface area contributed by atoms with Crippen molar-refractivity contribution in [2.24, 2.45) is 7.05 Å². The molecule has 0 radical (unpaired) electrons. The van der Waals surface area contributed by atoms with Crippen molar-refractivity contribution in [3.63, 3.8) is 0 Å². The summed E-state index contributed by atoms with van der Waals surface area (Å²) in [6, 6.07) is 1.95. The van der Waals surface area contributed by atoms with Crippen LogP contribution in [0.3, 0.4) is 0 Å². The van der Waals surface area contributed by atoms with Crippen molar-refractivity contribution in [3.8, 4) is 0 Å². The average Bonchev–Trinajstić information content (AvgIpc) is 2.83. The van der Waals surface area contributed by atoms with Gasteiger partial charge in [-0.25, -0.2) is 0 Å². The monoisotopic (exact) mass is 262 g/mol. The zero-order valence-electron chi connectivity index (χ0n) is 11.0. The first-order valence-corrected chi connectivity index (χ1v) is 6.75. The number of carbonyl (C=O) groups excluding carboxylic acids is 2. The van der Waals surface area contributed by atoms with Crippen LogP contribution in [0.15, 0.2) is 12.3 Å². The standard InChI is InChI=1S/C13H18N4O2/c1-16-11(6-7-14-16)13(19)17-8-12(18)15-9-4-2-3-5-10(9)17/h6-7,9-10H,2-5,8H2,1H3,(H,15,18)/t9-,10-/m1/s1. The highest BCUT2D eigenvalue weighted by Crippen LogP contribution is 2.26. The Hall–Kier alpha value is -1.85. The highest BCUT2D eigenvalue weighted by Gasteiger charge is 2.39. The normalized spacial score (nSPS) is 26.8. The Morgan fingerprint density at radius 2 is 2.21 bits per heavy atom. The molecule has 2 atom stereocenters. The molecule has 19 heavy (non-hydrogen) atoms. The Morgan fingerprint density at radius 1 is 1.42 bits per heavy atom. The third-order valence-electron chi connectivity index (χ3n) is 4.09. The topological polar surface area (TPSA) is 67.2 Å². The summed E-state index contributed by atoms with van der Waals surface area (Å²) in [5.41, 5.74) is 0.541. The molecule has 1 aromatic rings. The van der Waals surface area contributed by atoms with Crippen LogP contribution in [0, 0.1) is 0 Å². The van der Waals surface area contributed by atoms with E-state index in [2.05, 4.69) is 10.4 Å². The number of hydrogen-bond acceptors (Lipinski definition) is 3. The predicted molar refractivity (Wildman–Crippen MR) is 68.4 cm³/mol. The van der Waals surface area contributed by atoms with E-state index < -0.39 is 0 Å². The van der Waals surface area contributed by atoms with Crippen molar-refractivity contribution in [3.05, 3.63) is 18.0 Å². The Morgan fingerprint density at radius 3 is 2.95 bits per heavy atom. The summed E-state index contributed by atoms with van der Waals surface area (Å²) in [4.78, 5) is 26.0. The SMILES string of the molecule is Cn1nccc1C(=O)N1CC(=O)N[C@@H]2CCCC[C@H]21. The molecule has 0 bridgehead atoms. The van der Waals surface area contributed by atoms with Gasteiger partial charge in [-0.2, -0.15) is 5.10 Å². The molecule has 1 saturated carbocycles. The van der Waals surface area contributed by atoms with Gasteiger partial charge in [0.1, 0.15) is 12.2 Å². The molecule has 2 amide bonds. The Balaban J connectivity index is 1.87. The maximum absolute atomic E-state index is 12.6. The minimum atomic E-state index is -0.0910. The fourth-order valence-corrected chi connectivity index (χ4v) is 3.13. The lowest BCUT2D eigenvalue weighted by Gasteiger charge is -2.43.